The minimum absolute atomic E-state index is 0.0215. The molecule has 3 rings (SSSR count). The van der Waals surface area contributed by atoms with Gasteiger partial charge in [0.2, 0.25) is 10.0 Å². The monoisotopic (exact) mass is 416 g/mol. The SMILES string of the molecule is COc1ccc(C(=O)CN2CCN(S(=O)(=O)c3ccc(C(C)C)cc3)CC2)cc1. The summed E-state index contributed by atoms with van der Waals surface area (Å²) in [6, 6.07) is 14.2. The second kappa shape index (κ2) is 9.07. The number of carbonyl (C=O) groups is 1. The lowest BCUT2D eigenvalue weighted by Crippen LogP contribution is -2.49. The molecule has 0 spiro atoms. The van der Waals surface area contributed by atoms with Gasteiger partial charge in [0.05, 0.1) is 18.6 Å². The Balaban J connectivity index is 1.58. The summed E-state index contributed by atoms with van der Waals surface area (Å²) in [5.74, 6) is 1.09. The van der Waals surface area contributed by atoms with Gasteiger partial charge in [-0.15, -0.1) is 0 Å². The summed E-state index contributed by atoms with van der Waals surface area (Å²) in [5.41, 5.74) is 1.75. The molecule has 0 radical (unpaired) electrons. The van der Waals surface area contributed by atoms with Crippen LogP contribution in [0.15, 0.2) is 53.4 Å². The van der Waals surface area contributed by atoms with E-state index in [2.05, 4.69) is 13.8 Å². The van der Waals surface area contributed by atoms with Gasteiger partial charge in [0.25, 0.3) is 0 Å². The summed E-state index contributed by atoms with van der Waals surface area (Å²) < 4.78 is 32.4. The van der Waals surface area contributed by atoms with Crippen molar-refractivity contribution in [1.29, 1.82) is 0 Å². The Kier molecular flexibility index (Phi) is 6.72. The topological polar surface area (TPSA) is 66.9 Å². The number of ether oxygens (including phenoxy) is 1. The minimum Gasteiger partial charge on any atom is -0.497 e. The van der Waals surface area contributed by atoms with E-state index in [-0.39, 0.29) is 12.3 Å². The first-order valence-electron chi connectivity index (χ1n) is 9.81. The van der Waals surface area contributed by atoms with Crippen molar-refractivity contribution in [3.63, 3.8) is 0 Å². The normalized spacial score (nSPS) is 16.1. The van der Waals surface area contributed by atoms with Gasteiger partial charge in [-0.3, -0.25) is 9.69 Å². The van der Waals surface area contributed by atoms with Crippen LogP contribution in [0.5, 0.6) is 5.75 Å². The van der Waals surface area contributed by atoms with E-state index in [0.717, 1.165) is 5.56 Å². The molecule has 156 valence electrons. The van der Waals surface area contributed by atoms with Gasteiger partial charge in [-0.25, -0.2) is 8.42 Å². The standard InChI is InChI=1S/C22H28N2O4S/c1-17(2)18-6-10-21(11-7-18)29(26,27)24-14-12-23(13-15-24)16-22(25)19-4-8-20(28-3)9-5-19/h4-11,17H,12-16H2,1-3H3. The quantitative estimate of drug-likeness (QED) is 0.649. The fourth-order valence-electron chi connectivity index (χ4n) is 3.37. The zero-order valence-corrected chi connectivity index (χ0v) is 18.0. The lowest BCUT2D eigenvalue weighted by Gasteiger charge is -2.33. The maximum atomic E-state index is 12.9. The summed E-state index contributed by atoms with van der Waals surface area (Å²) in [4.78, 5) is 14.8. The summed E-state index contributed by atoms with van der Waals surface area (Å²) in [6.45, 7) is 6.26. The number of hydrogen-bond donors (Lipinski definition) is 0. The largest absolute Gasteiger partial charge is 0.497 e. The van der Waals surface area contributed by atoms with E-state index < -0.39 is 10.0 Å². The van der Waals surface area contributed by atoms with Crippen LogP contribution in [0.3, 0.4) is 0 Å². The number of piperazine rings is 1. The van der Waals surface area contributed by atoms with Crippen LogP contribution < -0.4 is 4.74 Å². The average molecular weight is 417 g/mol. The number of rotatable bonds is 7. The van der Waals surface area contributed by atoms with Crippen molar-refractivity contribution in [2.24, 2.45) is 0 Å². The third kappa shape index (κ3) is 5.04. The van der Waals surface area contributed by atoms with Crippen LogP contribution in [0.2, 0.25) is 0 Å². The molecule has 0 saturated carbocycles. The van der Waals surface area contributed by atoms with E-state index in [1.54, 1.807) is 43.5 Å². The molecule has 29 heavy (non-hydrogen) atoms. The number of sulfonamides is 1. The highest BCUT2D eigenvalue weighted by Gasteiger charge is 2.29. The van der Waals surface area contributed by atoms with Gasteiger partial charge in [0.1, 0.15) is 5.75 Å². The molecule has 2 aromatic rings. The van der Waals surface area contributed by atoms with E-state index in [9.17, 15) is 13.2 Å². The molecule has 0 atom stereocenters. The van der Waals surface area contributed by atoms with E-state index in [1.165, 1.54) is 4.31 Å². The number of ketones is 1. The van der Waals surface area contributed by atoms with Crippen LogP contribution in [-0.2, 0) is 10.0 Å². The van der Waals surface area contributed by atoms with Crippen molar-refractivity contribution < 1.29 is 17.9 Å². The van der Waals surface area contributed by atoms with Crippen LogP contribution in [-0.4, -0.2) is 63.2 Å². The summed E-state index contributed by atoms with van der Waals surface area (Å²) >= 11 is 0. The lowest BCUT2D eigenvalue weighted by molar-refractivity contribution is 0.0901. The highest BCUT2D eigenvalue weighted by atomic mass is 32.2. The third-order valence-corrected chi connectivity index (χ3v) is 7.21. The number of carbonyl (C=O) groups excluding carboxylic acids is 1. The Hall–Kier alpha value is -2.22. The van der Waals surface area contributed by atoms with E-state index in [0.29, 0.717) is 48.3 Å². The van der Waals surface area contributed by atoms with Gasteiger partial charge in [0.15, 0.2) is 5.78 Å². The molecule has 0 unspecified atom stereocenters. The van der Waals surface area contributed by atoms with E-state index in [1.807, 2.05) is 17.0 Å². The molecule has 1 fully saturated rings. The zero-order valence-electron chi connectivity index (χ0n) is 17.2. The van der Waals surface area contributed by atoms with Crippen LogP contribution in [0.4, 0.5) is 0 Å². The van der Waals surface area contributed by atoms with Crippen molar-refractivity contribution in [1.82, 2.24) is 9.21 Å². The maximum absolute atomic E-state index is 12.9. The molecule has 7 heteroatoms. The molecule has 0 aliphatic carbocycles. The lowest BCUT2D eigenvalue weighted by atomic mass is 10.0. The van der Waals surface area contributed by atoms with Gasteiger partial charge in [0, 0.05) is 31.7 Å². The van der Waals surface area contributed by atoms with Crippen LogP contribution in [0.1, 0.15) is 35.7 Å². The third-order valence-electron chi connectivity index (χ3n) is 5.30. The fraction of sp³-hybridized carbons (Fsp3) is 0.409. The predicted octanol–water partition coefficient (Wildman–Crippen LogP) is 3.01. The van der Waals surface area contributed by atoms with Crippen molar-refractivity contribution in [2.75, 3.05) is 39.8 Å². The molecule has 1 aliphatic heterocycles. The smallest absolute Gasteiger partial charge is 0.243 e. The maximum Gasteiger partial charge on any atom is 0.243 e. The fourth-order valence-corrected chi connectivity index (χ4v) is 4.80. The first kappa shape index (κ1) is 21.5. The molecule has 1 aliphatic rings. The van der Waals surface area contributed by atoms with Crippen LogP contribution in [0, 0.1) is 0 Å². The van der Waals surface area contributed by atoms with Crippen LogP contribution in [0.25, 0.3) is 0 Å². The average Bonchev–Trinajstić information content (AvgIpc) is 2.74. The highest BCUT2D eigenvalue weighted by Crippen LogP contribution is 2.21. The summed E-state index contributed by atoms with van der Waals surface area (Å²) in [7, 11) is -1.92. The Morgan fingerprint density at radius 2 is 1.55 bits per heavy atom. The highest BCUT2D eigenvalue weighted by molar-refractivity contribution is 7.89. The second-order valence-electron chi connectivity index (χ2n) is 7.56. The number of benzene rings is 2. The van der Waals surface area contributed by atoms with Gasteiger partial charge >= 0.3 is 0 Å². The van der Waals surface area contributed by atoms with Gasteiger partial charge in [-0.05, 0) is 47.9 Å². The molecule has 6 nitrogen and oxygen atoms in total. The number of Topliss-reactive ketones (excluding diaryl/α,β-unsaturated/α-hetero) is 1. The Labute approximate surface area is 173 Å². The second-order valence-corrected chi connectivity index (χ2v) is 9.49. The minimum atomic E-state index is -3.51. The molecule has 0 amide bonds. The Bertz CT molecular complexity index is 930. The molecule has 0 aromatic heterocycles. The summed E-state index contributed by atoms with van der Waals surface area (Å²) in [5, 5.41) is 0. The van der Waals surface area contributed by atoms with Crippen molar-refractivity contribution in [3.8, 4) is 5.75 Å². The van der Waals surface area contributed by atoms with Gasteiger partial charge in [-0.1, -0.05) is 26.0 Å². The van der Waals surface area contributed by atoms with Gasteiger partial charge < -0.3 is 4.74 Å². The molecule has 1 heterocycles. The number of hydrogen-bond acceptors (Lipinski definition) is 5. The molecular weight excluding hydrogens is 388 g/mol. The number of nitrogens with zero attached hydrogens (tertiary/aromatic N) is 2. The summed E-state index contributed by atoms with van der Waals surface area (Å²) in [6.07, 6.45) is 0. The molecule has 0 N–H and O–H groups in total. The molecule has 1 saturated heterocycles. The first-order valence-corrected chi connectivity index (χ1v) is 11.2. The van der Waals surface area contributed by atoms with Crippen LogP contribution >= 0.6 is 0 Å². The molecule has 2 aromatic carbocycles. The number of methoxy groups -OCH3 is 1. The van der Waals surface area contributed by atoms with Crippen molar-refractivity contribution in [2.45, 2.75) is 24.7 Å². The Morgan fingerprint density at radius 3 is 2.07 bits per heavy atom. The van der Waals surface area contributed by atoms with E-state index in [4.69, 9.17) is 4.74 Å². The predicted molar refractivity (Wildman–Crippen MR) is 113 cm³/mol. The van der Waals surface area contributed by atoms with Gasteiger partial charge in [-0.2, -0.15) is 4.31 Å². The first-order chi connectivity index (χ1) is 13.8. The van der Waals surface area contributed by atoms with E-state index >= 15 is 0 Å². The van der Waals surface area contributed by atoms with Crippen molar-refractivity contribution >= 4 is 15.8 Å². The Morgan fingerprint density at radius 1 is 0.966 bits per heavy atom. The molecule has 0 bridgehead atoms. The molecular formula is C22H28N2O4S. The van der Waals surface area contributed by atoms with Crippen molar-refractivity contribution in [3.05, 3.63) is 59.7 Å². The zero-order chi connectivity index (χ0) is 21.0.